The molecule has 0 aromatic heterocycles. The van der Waals surface area contributed by atoms with Gasteiger partial charge in [-0.3, -0.25) is 9.59 Å². The first kappa shape index (κ1) is 16.3. The molecule has 2 fully saturated rings. The maximum atomic E-state index is 12.2. The number of amides is 1. The van der Waals surface area contributed by atoms with Crippen LogP contribution >= 0.6 is 0 Å². The van der Waals surface area contributed by atoms with Gasteiger partial charge in [-0.1, -0.05) is 26.2 Å². The van der Waals surface area contributed by atoms with Crippen molar-refractivity contribution in [3.63, 3.8) is 0 Å². The van der Waals surface area contributed by atoms with Crippen LogP contribution in [0.4, 0.5) is 0 Å². The van der Waals surface area contributed by atoms with E-state index in [0.717, 1.165) is 38.0 Å². The number of carbonyl (C=O) groups is 2. The van der Waals surface area contributed by atoms with E-state index in [0.29, 0.717) is 18.4 Å². The highest BCUT2D eigenvalue weighted by Gasteiger charge is 2.42. The van der Waals surface area contributed by atoms with Crippen molar-refractivity contribution in [1.82, 2.24) is 5.32 Å². The Kier molecular flexibility index (Phi) is 6.07. The first-order chi connectivity index (χ1) is 10.1. The SMILES string of the molecule is CCCC(CCNC(=O)C1CC2CCC1C2)CCC(=O)O. The molecular weight excluding hydrogens is 266 g/mol. The molecule has 21 heavy (non-hydrogen) atoms. The van der Waals surface area contributed by atoms with Gasteiger partial charge < -0.3 is 10.4 Å². The molecular formula is C17H29NO3. The summed E-state index contributed by atoms with van der Waals surface area (Å²) in [6, 6.07) is 0. The molecule has 0 aromatic rings. The summed E-state index contributed by atoms with van der Waals surface area (Å²) in [6.07, 6.45) is 8.92. The molecule has 0 heterocycles. The van der Waals surface area contributed by atoms with Gasteiger partial charge in [0.25, 0.3) is 0 Å². The lowest BCUT2D eigenvalue weighted by Crippen LogP contribution is -2.34. The minimum absolute atomic E-state index is 0.241. The Bertz CT molecular complexity index is 369. The Balaban J connectivity index is 1.66. The molecule has 2 bridgehead atoms. The second-order valence-corrected chi connectivity index (χ2v) is 6.95. The van der Waals surface area contributed by atoms with E-state index >= 15 is 0 Å². The van der Waals surface area contributed by atoms with E-state index in [1.165, 1.54) is 19.3 Å². The molecule has 1 amide bonds. The van der Waals surface area contributed by atoms with Gasteiger partial charge in [0, 0.05) is 18.9 Å². The van der Waals surface area contributed by atoms with Gasteiger partial charge in [-0.25, -0.2) is 0 Å². The smallest absolute Gasteiger partial charge is 0.303 e. The zero-order valence-corrected chi connectivity index (χ0v) is 13.1. The highest BCUT2D eigenvalue weighted by atomic mass is 16.4. The number of carbonyl (C=O) groups excluding carboxylic acids is 1. The van der Waals surface area contributed by atoms with Crippen molar-refractivity contribution in [2.75, 3.05) is 6.54 Å². The molecule has 0 aromatic carbocycles. The fourth-order valence-corrected chi connectivity index (χ4v) is 4.27. The van der Waals surface area contributed by atoms with Crippen molar-refractivity contribution in [3.8, 4) is 0 Å². The normalized spacial score (nSPS) is 28.5. The molecule has 4 atom stereocenters. The number of fused-ring (bicyclic) bond motifs is 2. The van der Waals surface area contributed by atoms with Crippen molar-refractivity contribution < 1.29 is 14.7 Å². The van der Waals surface area contributed by atoms with Crippen LogP contribution < -0.4 is 5.32 Å². The number of aliphatic carboxylic acids is 1. The summed E-state index contributed by atoms with van der Waals surface area (Å²) in [7, 11) is 0. The van der Waals surface area contributed by atoms with E-state index < -0.39 is 5.97 Å². The van der Waals surface area contributed by atoms with E-state index in [1.54, 1.807) is 0 Å². The number of hydrogen-bond acceptors (Lipinski definition) is 2. The lowest BCUT2D eigenvalue weighted by atomic mass is 9.88. The average molecular weight is 295 g/mol. The van der Waals surface area contributed by atoms with Crippen LogP contribution in [0.25, 0.3) is 0 Å². The monoisotopic (exact) mass is 295 g/mol. The Morgan fingerprint density at radius 1 is 1.19 bits per heavy atom. The van der Waals surface area contributed by atoms with E-state index in [2.05, 4.69) is 12.2 Å². The van der Waals surface area contributed by atoms with Crippen LogP contribution in [0, 0.1) is 23.7 Å². The lowest BCUT2D eigenvalue weighted by Gasteiger charge is -2.22. The second-order valence-electron chi connectivity index (χ2n) is 6.95. The van der Waals surface area contributed by atoms with Gasteiger partial charge in [-0.2, -0.15) is 0 Å². The van der Waals surface area contributed by atoms with Crippen LogP contribution in [0.2, 0.25) is 0 Å². The van der Waals surface area contributed by atoms with E-state index in [1.807, 2.05) is 0 Å². The topological polar surface area (TPSA) is 66.4 Å². The molecule has 0 radical (unpaired) electrons. The summed E-state index contributed by atoms with van der Waals surface area (Å²) in [5.41, 5.74) is 0. The molecule has 0 spiro atoms. The average Bonchev–Trinajstić information content (AvgIpc) is 3.07. The Morgan fingerprint density at radius 2 is 2.00 bits per heavy atom. The maximum Gasteiger partial charge on any atom is 0.303 e. The molecule has 4 unspecified atom stereocenters. The van der Waals surface area contributed by atoms with Crippen molar-refractivity contribution >= 4 is 11.9 Å². The van der Waals surface area contributed by atoms with Crippen molar-refractivity contribution in [1.29, 1.82) is 0 Å². The van der Waals surface area contributed by atoms with Gasteiger partial charge in [0.2, 0.25) is 5.91 Å². The fourth-order valence-electron chi connectivity index (χ4n) is 4.27. The van der Waals surface area contributed by atoms with Crippen LogP contribution in [0.3, 0.4) is 0 Å². The summed E-state index contributed by atoms with van der Waals surface area (Å²) in [5.74, 6) is 1.64. The lowest BCUT2D eigenvalue weighted by molar-refractivity contribution is -0.137. The molecule has 4 heteroatoms. The predicted octanol–water partition coefficient (Wildman–Crippen LogP) is 3.21. The highest BCUT2D eigenvalue weighted by Crippen LogP contribution is 2.48. The minimum atomic E-state index is -0.720. The van der Waals surface area contributed by atoms with E-state index in [9.17, 15) is 9.59 Å². The second kappa shape index (κ2) is 7.81. The third kappa shape index (κ3) is 4.72. The summed E-state index contributed by atoms with van der Waals surface area (Å²) < 4.78 is 0. The molecule has 2 aliphatic carbocycles. The van der Waals surface area contributed by atoms with Crippen LogP contribution in [0.5, 0.6) is 0 Å². The van der Waals surface area contributed by atoms with Crippen LogP contribution in [-0.4, -0.2) is 23.5 Å². The standard InChI is InChI=1S/C17H29NO3/c1-2-3-12(5-7-16(19)20)8-9-18-17(21)15-11-13-4-6-14(15)10-13/h12-15H,2-11H2,1H3,(H,18,21)(H,19,20). The predicted molar refractivity (Wildman–Crippen MR) is 81.8 cm³/mol. The van der Waals surface area contributed by atoms with Crippen molar-refractivity contribution in [2.24, 2.45) is 23.7 Å². The molecule has 0 saturated heterocycles. The van der Waals surface area contributed by atoms with Gasteiger partial charge in [0.15, 0.2) is 0 Å². The number of hydrogen-bond donors (Lipinski definition) is 2. The molecule has 4 nitrogen and oxygen atoms in total. The number of carboxylic acids is 1. The summed E-state index contributed by atoms with van der Waals surface area (Å²) >= 11 is 0. The molecule has 0 aliphatic heterocycles. The number of rotatable bonds is 9. The van der Waals surface area contributed by atoms with Crippen molar-refractivity contribution in [3.05, 3.63) is 0 Å². The highest BCUT2D eigenvalue weighted by molar-refractivity contribution is 5.79. The summed E-state index contributed by atoms with van der Waals surface area (Å²) in [4.78, 5) is 22.9. The molecule has 2 aliphatic rings. The van der Waals surface area contributed by atoms with E-state index in [-0.39, 0.29) is 18.2 Å². The number of nitrogens with one attached hydrogen (secondary N) is 1. The summed E-state index contributed by atoms with van der Waals surface area (Å²) in [6.45, 7) is 2.83. The molecule has 2 saturated carbocycles. The summed E-state index contributed by atoms with van der Waals surface area (Å²) in [5, 5.41) is 11.9. The molecule has 120 valence electrons. The van der Waals surface area contributed by atoms with Gasteiger partial charge in [-0.05, 0) is 49.9 Å². The fraction of sp³-hybridized carbons (Fsp3) is 0.882. The quantitative estimate of drug-likeness (QED) is 0.686. The van der Waals surface area contributed by atoms with Crippen LogP contribution in [-0.2, 0) is 9.59 Å². The van der Waals surface area contributed by atoms with Gasteiger partial charge in [0.05, 0.1) is 0 Å². The largest absolute Gasteiger partial charge is 0.481 e. The zero-order valence-electron chi connectivity index (χ0n) is 13.1. The van der Waals surface area contributed by atoms with Crippen molar-refractivity contribution in [2.45, 2.75) is 64.7 Å². The zero-order chi connectivity index (χ0) is 15.2. The molecule has 2 N–H and O–H groups in total. The maximum absolute atomic E-state index is 12.2. The van der Waals surface area contributed by atoms with E-state index in [4.69, 9.17) is 5.11 Å². The van der Waals surface area contributed by atoms with Crippen LogP contribution in [0.15, 0.2) is 0 Å². The minimum Gasteiger partial charge on any atom is -0.481 e. The third-order valence-corrected chi connectivity index (χ3v) is 5.39. The van der Waals surface area contributed by atoms with Gasteiger partial charge >= 0.3 is 5.97 Å². The first-order valence-corrected chi connectivity index (χ1v) is 8.59. The Labute approximate surface area is 127 Å². The third-order valence-electron chi connectivity index (χ3n) is 5.39. The number of carboxylic acid groups (broad SMARTS) is 1. The van der Waals surface area contributed by atoms with Gasteiger partial charge in [0.1, 0.15) is 0 Å². The molecule has 2 rings (SSSR count). The van der Waals surface area contributed by atoms with Crippen LogP contribution in [0.1, 0.15) is 64.7 Å². The Hall–Kier alpha value is -1.06. The first-order valence-electron chi connectivity index (χ1n) is 8.59. The van der Waals surface area contributed by atoms with Gasteiger partial charge in [-0.15, -0.1) is 0 Å². The Morgan fingerprint density at radius 3 is 2.57 bits per heavy atom.